The highest BCUT2D eigenvalue weighted by Gasteiger charge is 2.35. The monoisotopic (exact) mass is 497 g/mol. The van der Waals surface area contributed by atoms with E-state index in [0.717, 1.165) is 21.8 Å². The Labute approximate surface area is 190 Å². The van der Waals surface area contributed by atoms with E-state index in [2.05, 4.69) is 15.9 Å². The van der Waals surface area contributed by atoms with Crippen LogP contribution in [-0.4, -0.2) is 27.1 Å². The lowest BCUT2D eigenvalue weighted by molar-refractivity contribution is -0.123. The Hall–Kier alpha value is -3.10. The summed E-state index contributed by atoms with van der Waals surface area (Å²) in [5, 5.41) is 8.97. The van der Waals surface area contributed by atoms with Crippen molar-refractivity contribution < 1.29 is 23.9 Å². The predicted molar refractivity (Wildman–Crippen MR) is 121 cm³/mol. The van der Waals surface area contributed by atoms with Crippen molar-refractivity contribution in [3.63, 3.8) is 0 Å². The standard InChI is InChI=1S/C23H16BrNO5S/c1-13-16(6-4-7-17(13)22(27)28)19-10-9-15(30-19)11-20-21(26)25(23(29)31-20)12-14-5-2-3-8-18(14)24/h2-11H,12H2,1H3,(H,27,28)/b20-11-. The summed E-state index contributed by atoms with van der Waals surface area (Å²) in [6, 6.07) is 15.8. The molecule has 0 bridgehead atoms. The van der Waals surface area contributed by atoms with Crippen LogP contribution in [0.2, 0.25) is 0 Å². The third-order valence-electron chi connectivity index (χ3n) is 4.89. The van der Waals surface area contributed by atoms with Crippen molar-refractivity contribution in [2.24, 2.45) is 0 Å². The first-order chi connectivity index (χ1) is 14.8. The summed E-state index contributed by atoms with van der Waals surface area (Å²) in [7, 11) is 0. The fourth-order valence-corrected chi connectivity index (χ4v) is 4.50. The van der Waals surface area contributed by atoms with E-state index in [4.69, 9.17) is 4.42 Å². The van der Waals surface area contributed by atoms with Crippen molar-refractivity contribution in [1.82, 2.24) is 4.90 Å². The molecule has 6 nitrogen and oxygen atoms in total. The smallest absolute Gasteiger partial charge is 0.335 e. The van der Waals surface area contributed by atoms with Crippen LogP contribution in [0.4, 0.5) is 4.79 Å². The molecule has 8 heteroatoms. The van der Waals surface area contributed by atoms with Gasteiger partial charge in [0, 0.05) is 16.1 Å². The van der Waals surface area contributed by atoms with Gasteiger partial charge in [-0.05, 0) is 54.1 Å². The minimum absolute atomic E-state index is 0.175. The molecule has 4 rings (SSSR count). The molecule has 0 atom stereocenters. The number of furan rings is 1. The lowest BCUT2D eigenvalue weighted by Gasteiger charge is -2.13. The summed E-state index contributed by atoms with van der Waals surface area (Å²) >= 11 is 4.30. The molecular formula is C23H16BrNO5S. The van der Waals surface area contributed by atoms with Crippen molar-refractivity contribution in [1.29, 1.82) is 0 Å². The second-order valence-electron chi connectivity index (χ2n) is 6.84. The van der Waals surface area contributed by atoms with Gasteiger partial charge in [0.1, 0.15) is 11.5 Å². The highest BCUT2D eigenvalue weighted by Crippen LogP contribution is 2.35. The Bertz CT molecular complexity index is 1250. The number of carboxylic acid groups (broad SMARTS) is 1. The largest absolute Gasteiger partial charge is 0.478 e. The van der Waals surface area contributed by atoms with Gasteiger partial charge >= 0.3 is 5.97 Å². The number of carbonyl (C=O) groups excluding carboxylic acids is 2. The fourth-order valence-electron chi connectivity index (χ4n) is 3.27. The zero-order chi connectivity index (χ0) is 22.1. The number of carbonyl (C=O) groups is 3. The number of hydrogen-bond acceptors (Lipinski definition) is 5. The van der Waals surface area contributed by atoms with Crippen LogP contribution < -0.4 is 0 Å². The first kappa shape index (κ1) is 21.1. The van der Waals surface area contributed by atoms with Crippen LogP contribution in [0.1, 0.15) is 27.2 Å². The molecule has 1 aromatic heterocycles. The summed E-state index contributed by atoms with van der Waals surface area (Å²) in [6.07, 6.45) is 1.53. The number of halogens is 1. The maximum Gasteiger partial charge on any atom is 0.335 e. The molecule has 0 unspecified atom stereocenters. The van der Waals surface area contributed by atoms with Gasteiger partial charge in [0.05, 0.1) is 17.0 Å². The molecule has 0 radical (unpaired) electrons. The number of nitrogens with zero attached hydrogens (tertiary/aromatic N) is 1. The molecule has 156 valence electrons. The Morgan fingerprint density at radius 1 is 1.13 bits per heavy atom. The molecule has 1 N–H and O–H groups in total. The van der Waals surface area contributed by atoms with Crippen LogP contribution in [0.25, 0.3) is 17.4 Å². The molecule has 1 fully saturated rings. The van der Waals surface area contributed by atoms with Crippen molar-refractivity contribution >= 4 is 50.9 Å². The zero-order valence-electron chi connectivity index (χ0n) is 16.3. The van der Waals surface area contributed by atoms with E-state index in [1.807, 2.05) is 24.3 Å². The summed E-state index contributed by atoms with van der Waals surface area (Å²) in [6.45, 7) is 1.89. The molecule has 0 saturated carbocycles. The van der Waals surface area contributed by atoms with E-state index < -0.39 is 5.97 Å². The average molecular weight is 498 g/mol. The number of amides is 2. The Morgan fingerprint density at radius 3 is 2.65 bits per heavy atom. The van der Waals surface area contributed by atoms with Crippen LogP contribution in [0.3, 0.4) is 0 Å². The average Bonchev–Trinajstić information content (AvgIpc) is 3.29. The second-order valence-corrected chi connectivity index (χ2v) is 8.69. The van der Waals surface area contributed by atoms with Gasteiger partial charge in [-0.15, -0.1) is 0 Å². The fraction of sp³-hybridized carbons (Fsp3) is 0.0870. The predicted octanol–water partition coefficient (Wildman–Crippen LogP) is 5.95. The molecule has 1 saturated heterocycles. The van der Waals surface area contributed by atoms with E-state index in [0.29, 0.717) is 22.6 Å². The minimum Gasteiger partial charge on any atom is -0.478 e. The highest BCUT2D eigenvalue weighted by atomic mass is 79.9. The van der Waals surface area contributed by atoms with Gasteiger partial charge in [-0.3, -0.25) is 14.5 Å². The van der Waals surface area contributed by atoms with Gasteiger partial charge in [-0.25, -0.2) is 4.79 Å². The quantitative estimate of drug-likeness (QED) is 0.438. The SMILES string of the molecule is Cc1c(C(=O)O)cccc1-c1ccc(/C=C2\SC(=O)N(Cc3ccccc3Br)C2=O)o1. The first-order valence-corrected chi connectivity index (χ1v) is 10.9. The van der Waals surface area contributed by atoms with Gasteiger partial charge < -0.3 is 9.52 Å². The van der Waals surface area contributed by atoms with Crippen LogP contribution in [-0.2, 0) is 11.3 Å². The molecule has 1 aliphatic heterocycles. The molecule has 1 aliphatic rings. The van der Waals surface area contributed by atoms with Crippen LogP contribution in [0.5, 0.6) is 0 Å². The summed E-state index contributed by atoms with van der Waals surface area (Å²) in [4.78, 5) is 38.0. The summed E-state index contributed by atoms with van der Waals surface area (Å²) in [5.74, 6) is -0.501. The van der Waals surface area contributed by atoms with Crippen molar-refractivity contribution in [3.05, 3.63) is 86.4 Å². The van der Waals surface area contributed by atoms with Crippen molar-refractivity contribution in [2.75, 3.05) is 0 Å². The molecule has 2 aromatic carbocycles. The van der Waals surface area contributed by atoms with Gasteiger partial charge in [0.2, 0.25) is 0 Å². The van der Waals surface area contributed by atoms with Crippen LogP contribution in [0.15, 0.2) is 68.4 Å². The highest BCUT2D eigenvalue weighted by molar-refractivity contribution is 9.10. The third-order valence-corrected chi connectivity index (χ3v) is 6.57. The second kappa shape index (κ2) is 8.56. The number of carboxylic acids is 1. The number of benzene rings is 2. The maximum absolute atomic E-state index is 12.8. The summed E-state index contributed by atoms with van der Waals surface area (Å²) < 4.78 is 6.66. The molecule has 0 aliphatic carbocycles. The molecule has 2 amide bonds. The molecule has 3 aromatic rings. The molecular weight excluding hydrogens is 482 g/mol. The van der Waals surface area contributed by atoms with E-state index in [1.54, 1.807) is 31.2 Å². The van der Waals surface area contributed by atoms with Gasteiger partial charge in [0.25, 0.3) is 11.1 Å². The van der Waals surface area contributed by atoms with E-state index >= 15 is 0 Å². The Kier molecular flexibility index (Phi) is 5.84. The van der Waals surface area contributed by atoms with Gasteiger partial charge in [-0.1, -0.05) is 46.3 Å². The number of aromatic carboxylic acids is 1. The van der Waals surface area contributed by atoms with E-state index in [1.165, 1.54) is 17.0 Å². The zero-order valence-corrected chi connectivity index (χ0v) is 18.7. The molecule has 0 spiro atoms. The molecule has 2 heterocycles. The number of thioether (sulfide) groups is 1. The van der Waals surface area contributed by atoms with E-state index in [9.17, 15) is 19.5 Å². The number of imide groups is 1. The number of hydrogen-bond donors (Lipinski definition) is 1. The number of rotatable bonds is 5. The Balaban J connectivity index is 1.58. The third kappa shape index (κ3) is 4.22. The topological polar surface area (TPSA) is 87.8 Å². The minimum atomic E-state index is -1.01. The van der Waals surface area contributed by atoms with Crippen LogP contribution >= 0.6 is 27.7 Å². The van der Waals surface area contributed by atoms with Crippen LogP contribution in [0, 0.1) is 6.92 Å². The first-order valence-electron chi connectivity index (χ1n) is 9.27. The van der Waals surface area contributed by atoms with E-state index in [-0.39, 0.29) is 28.2 Å². The van der Waals surface area contributed by atoms with Gasteiger partial charge in [0.15, 0.2) is 0 Å². The summed E-state index contributed by atoms with van der Waals surface area (Å²) in [5.41, 5.74) is 2.27. The van der Waals surface area contributed by atoms with Crippen molar-refractivity contribution in [2.45, 2.75) is 13.5 Å². The molecule has 31 heavy (non-hydrogen) atoms. The van der Waals surface area contributed by atoms with Gasteiger partial charge in [-0.2, -0.15) is 0 Å². The lowest BCUT2D eigenvalue weighted by Crippen LogP contribution is -2.27. The normalized spacial score (nSPS) is 15.2. The lowest BCUT2D eigenvalue weighted by atomic mass is 10.0. The maximum atomic E-state index is 12.8. The van der Waals surface area contributed by atoms with Crippen molar-refractivity contribution in [3.8, 4) is 11.3 Å². The Morgan fingerprint density at radius 2 is 1.90 bits per heavy atom.